The molecule has 0 aromatic heterocycles. The summed E-state index contributed by atoms with van der Waals surface area (Å²) in [7, 11) is 0. The molecular formula is C16H22O4. The van der Waals surface area contributed by atoms with Gasteiger partial charge in [-0.1, -0.05) is 6.08 Å². The molecule has 0 aromatic rings. The number of hydrogen-bond donors (Lipinski definition) is 0. The fourth-order valence-corrected chi connectivity index (χ4v) is 2.08. The number of allylic oxidation sites excluding steroid dienone is 3. The molecule has 0 radical (unpaired) electrons. The Morgan fingerprint density at radius 2 is 1.80 bits per heavy atom. The molecule has 0 bridgehead atoms. The first-order valence-electron chi connectivity index (χ1n) is 6.89. The van der Waals surface area contributed by atoms with Gasteiger partial charge in [0.15, 0.2) is 5.41 Å². The van der Waals surface area contributed by atoms with E-state index in [-0.39, 0.29) is 13.2 Å². The molecule has 1 aliphatic carbocycles. The molecule has 0 fully saturated rings. The lowest BCUT2D eigenvalue weighted by molar-refractivity contribution is -0.171. The second-order valence-electron chi connectivity index (χ2n) is 4.97. The summed E-state index contributed by atoms with van der Waals surface area (Å²) in [5, 5.41) is 0. The van der Waals surface area contributed by atoms with E-state index in [0.29, 0.717) is 12.8 Å². The molecule has 0 aromatic carbocycles. The van der Waals surface area contributed by atoms with Gasteiger partial charge in [-0.3, -0.25) is 9.59 Å². The third-order valence-electron chi connectivity index (χ3n) is 3.10. The molecule has 4 heteroatoms. The first-order chi connectivity index (χ1) is 9.46. The van der Waals surface area contributed by atoms with E-state index in [1.165, 1.54) is 0 Å². The standard InChI is InChI=1S/C16H22O4/c1-5-19-14(17)16(15(18)20-6-2)10-9-13(11-16)8-7-12(3)4/h8-9H,5-6,10-11H2,1-4H3. The topological polar surface area (TPSA) is 52.6 Å². The highest BCUT2D eigenvalue weighted by Gasteiger charge is 2.50. The number of carbonyl (C=O) groups is 2. The van der Waals surface area contributed by atoms with Crippen LogP contribution in [-0.2, 0) is 19.1 Å². The van der Waals surface area contributed by atoms with Crippen molar-refractivity contribution in [3.63, 3.8) is 0 Å². The molecule has 0 N–H and O–H groups in total. The van der Waals surface area contributed by atoms with Crippen LogP contribution in [0.3, 0.4) is 0 Å². The van der Waals surface area contributed by atoms with Crippen molar-refractivity contribution in [2.75, 3.05) is 13.2 Å². The molecule has 110 valence electrons. The van der Waals surface area contributed by atoms with E-state index in [4.69, 9.17) is 9.47 Å². The molecule has 1 aliphatic rings. The van der Waals surface area contributed by atoms with Gasteiger partial charge in [-0.15, -0.1) is 5.73 Å². The molecule has 0 amide bonds. The highest BCUT2D eigenvalue weighted by molar-refractivity contribution is 6.01. The van der Waals surface area contributed by atoms with Crippen LogP contribution in [0.5, 0.6) is 0 Å². The summed E-state index contributed by atoms with van der Waals surface area (Å²) < 4.78 is 10.1. The maximum Gasteiger partial charge on any atom is 0.324 e. The summed E-state index contributed by atoms with van der Waals surface area (Å²) in [4.78, 5) is 24.3. The van der Waals surface area contributed by atoms with Crippen molar-refractivity contribution in [1.29, 1.82) is 0 Å². The lowest BCUT2D eigenvalue weighted by Gasteiger charge is -2.24. The van der Waals surface area contributed by atoms with Crippen LogP contribution in [0.15, 0.2) is 29.0 Å². The molecule has 0 saturated carbocycles. The Labute approximate surface area is 120 Å². The van der Waals surface area contributed by atoms with Gasteiger partial charge in [0.1, 0.15) is 0 Å². The Balaban J connectivity index is 2.98. The summed E-state index contributed by atoms with van der Waals surface area (Å²) >= 11 is 0. The smallest absolute Gasteiger partial charge is 0.324 e. The van der Waals surface area contributed by atoms with E-state index in [2.05, 4.69) is 5.73 Å². The second-order valence-corrected chi connectivity index (χ2v) is 4.97. The zero-order valence-corrected chi connectivity index (χ0v) is 12.6. The Kier molecular flexibility index (Phi) is 5.78. The van der Waals surface area contributed by atoms with Crippen molar-refractivity contribution >= 4 is 11.9 Å². The van der Waals surface area contributed by atoms with E-state index < -0.39 is 17.4 Å². The van der Waals surface area contributed by atoms with E-state index in [1.54, 1.807) is 13.8 Å². The number of hydrogen-bond acceptors (Lipinski definition) is 4. The molecule has 0 spiro atoms. The number of ether oxygens (including phenoxy) is 2. The largest absolute Gasteiger partial charge is 0.465 e. The zero-order valence-electron chi connectivity index (χ0n) is 12.6. The van der Waals surface area contributed by atoms with Crippen molar-refractivity contribution in [1.82, 2.24) is 0 Å². The van der Waals surface area contributed by atoms with Gasteiger partial charge in [-0.05, 0) is 57.8 Å². The average Bonchev–Trinajstić information content (AvgIpc) is 2.82. The maximum absolute atomic E-state index is 12.2. The minimum atomic E-state index is -1.22. The summed E-state index contributed by atoms with van der Waals surface area (Å²) in [6.45, 7) is 7.83. The van der Waals surface area contributed by atoms with Crippen molar-refractivity contribution in [2.45, 2.75) is 40.5 Å². The van der Waals surface area contributed by atoms with E-state index in [1.807, 2.05) is 26.0 Å². The minimum Gasteiger partial charge on any atom is -0.465 e. The third kappa shape index (κ3) is 3.61. The fourth-order valence-electron chi connectivity index (χ4n) is 2.08. The monoisotopic (exact) mass is 278 g/mol. The predicted octanol–water partition coefficient (Wildman–Crippen LogP) is 2.94. The highest BCUT2D eigenvalue weighted by Crippen LogP contribution is 2.40. The first kappa shape index (κ1) is 16.3. The molecule has 0 unspecified atom stereocenters. The molecule has 0 heterocycles. The first-order valence-corrected chi connectivity index (χ1v) is 6.89. The van der Waals surface area contributed by atoms with Crippen molar-refractivity contribution < 1.29 is 19.1 Å². The van der Waals surface area contributed by atoms with Gasteiger partial charge < -0.3 is 9.47 Å². The van der Waals surface area contributed by atoms with E-state index >= 15 is 0 Å². The van der Waals surface area contributed by atoms with E-state index in [0.717, 1.165) is 11.1 Å². The van der Waals surface area contributed by atoms with Crippen LogP contribution in [0.2, 0.25) is 0 Å². The van der Waals surface area contributed by atoms with Gasteiger partial charge in [0, 0.05) is 0 Å². The van der Waals surface area contributed by atoms with Crippen molar-refractivity contribution in [2.24, 2.45) is 5.41 Å². The molecule has 20 heavy (non-hydrogen) atoms. The van der Waals surface area contributed by atoms with Gasteiger partial charge in [-0.25, -0.2) is 0 Å². The molecular weight excluding hydrogens is 256 g/mol. The fraction of sp³-hybridized carbons (Fsp3) is 0.562. The van der Waals surface area contributed by atoms with Crippen LogP contribution < -0.4 is 0 Å². The van der Waals surface area contributed by atoms with Crippen LogP contribution in [0.25, 0.3) is 0 Å². The molecule has 0 saturated heterocycles. The Morgan fingerprint density at radius 3 is 2.25 bits per heavy atom. The number of rotatable bonds is 5. The van der Waals surface area contributed by atoms with Gasteiger partial charge in [-0.2, -0.15) is 0 Å². The van der Waals surface area contributed by atoms with Crippen molar-refractivity contribution in [3.8, 4) is 0 Å². The van der Waals surface area contributed by atoms with Crippen LogP contribution in [0.4, 0.5) is 0 Å². The van der Waals surface area contributed by atoms with Gasteiger partial charge in [0.2, 0.25) is 0 Å². The normalized spacial score (nSPS) is 15.9. The summed E-state index contributed by atoms with van der Waals surface area (Å²) in [6, 6.07) is 0. The Bertz CT molecular complexity index is 457. The summed E-state index contributed by atoms with van der Waals surface area (Å²) in [5.74, 6) is -1.01. The van der Waals surface area contributed by atoms with Crippen molar-refractivity contribution in [3.05, 3.63) is 29.0 Å². The lowest BCUT2D eigenvalue weighted by atomic mass is 9.84. The highest BCUT2D eigenvalue weighted by atomic mass is 16.6. The number of esters is 2. The Morgan fingerprint density at radius 1 is 1.25 bits per heavy atom. The lowest BCUT2D eigenvalue weighted by Crippen LogP contribution is -2.40. The van der Waals surface area contributed by atoms with Gasteiger partial charge in [0.25, 0.3) is 0 Å². The Hall–Kier alpha value is -1.80. The zero-order chi connectivity index (χ0) is 15.2. The maximum atomic E-state index is 12.2. The van der Waals surface area contributed by atoms with Crippen LogP contribution in [0, 0.1) is 5.41 Å². The molecule has 4 nitrogen and oxygen atoms in total. The predicted molar refractivity (Wildman–Crippen MR) is 76.0 cm³/mol. The third-order valence-corrected chi connectivity index (χ3v) is 3.10. The number of carbonyl (C=O) groups excluding carboxylic acids is 2. The molecule has 0 atom stereocenters. The van der Waals surface area contributed by atoms with Gasteiger partial charge in [0.05, 0.1) is 13.2 Å². The SMILES string of the molecule is CCOC(=O)C1(C(=O)OCC)CC=C(C=C=C(C)C)C1. The second kappa shape index (κ2) is 7.11. The van der Waals surface area contributed by atoms with Gasteiger partial charge >= 0.3 is 11.9 Å². The summed E-state index contributed by atoms with van der Waals surface area (Å²) in [5.41, 5.74) is 3.81. The molecule has 0 aliphatic heterocycles. The minimum absolute atomic E-state index is 0.249. The average molecular weight is 278 g/mol. The summed E-state index contributed by atoms with van der Waals surface area (Å²) in [6.07, 6.45) is 4.32. The van der Waals surface area contributed by atoms with Crippen LogP contribution in [-0.4, -0.2) is 25.2 Å². The quantitative estimate of drug-likeness (QED) is 0.441. The van der Waals surface area contributed by atoms with Crippen LogP contribution >= 0.6 is 0 Å². The van der Waals surface area contributed by atoms with Crippen LogP contribution in [0.1, 0.15) is 40.5 Å². The molecule has 1 rings (SSSR count). The van der Waals surface area contributed by atoms with E-state index in [9.17, 15) is 9.59 Å².